The summed E-state index contributed by atoms with van der Waals surface area (Å²) in [6, 6.07) is 13.3. The molecule has 0 saturated heterocycles. The molecule has 1 aromatic heterocycles. The summed E-state index contributed by atoms with van der Waals surface area (Å²) >= 11 is 0. The fourth-order valence-electron chi connectivity index (χ4n) is 3.35. The minimum Gasteiger partial charge on any atom is -0.493 e. The first kappa shape index (κ1) is 24.2. The van der Waals surface area contributed by atoms with Crippen molar-refractivity contribution in [3.63, 3.8) is 0 Å². The van der Waals surface area contributed by atoms with E-state index in [2.05, 4.69) is 4.98 Å². The van der Waals surface area contributed by atoms with Crippen molar-refractivity contribution in [3.8, 4) is 51.1 Å². The van der Waals surface area contributed by atoms with E-state index in [1.807, 2.05) is 42.5 Å². The van der Waals surface area contributed by atoms with Gasteiger partial charge < -0.3 is 33.2 Å². The van der Waals surface area contributed by atoms with E-state index >= 15 is 0 Å². The Hall–Kier alpha value is -3.49. The Labute approximate surface area is 193 Å². The topological polar surface area (TPSA) is 77.5 Å². The number of pyridine rings is 1. The van der Waals surface area contributed by atoms with Gasteiger partial charge in [0.25, 0.3) is 0 Å². The molecule has 0 bridgehead atoms. The number of methoxy groups -OCH3 is 5. The maximum absolute atomic E-state index is 5.81. The maximum atomic E-state index is 5.81. The molecular formula is C25H29NO7. The molecule has 3 rings (SSSR count). The first-order valence-corrected chi connectivity index (χ1v) is 10.3. The first-order chi connectivity index (χ1) is 16.2. The molecule has 176 valence electrons. The average Bonchev–Trinajstić information content (AvgIpc) is 2.87. The zero-order valence-corrected chi connectivity index (χ0v) is 19.5. The number of hydrogen-bond acceptors (Lipinski definition) is 8. The van der Waals surface area contributed by atoms with Crippen LogP contribution in [0.2, 0.25) is 0 Å². The van der Waals surface area contributed by atoms with Crippen LogP contribution < -0.4 is 23.7 Å². The highest BCUT2D eigenvalue weighted by Crippen LogP contribution is 2.43. The van der Waals surface area contributed by atoms with E-state index in [4.69, 9.17) is 33.2 Å². The number of hydrogen-bond donors (Lipinski definition) is 0. The summed E-state index contributed by atoms with van der Waals surface area (Å²) in [4.78, 5) is 4.64. The van der Waals surface area contributed by atoms with Crippen LogP contribution in [0.15, 0.2) is 48.7 Å². The van der Waals surface area contributed by atoms with Crippen molar-refractivity contribution >= 4 is 0 Å². The Morgan fingerprint density at radius 3 is 2.03 bits per heavy atom. The molecule has 3 aromatic rings. The third-order valence-corrected chi connectivity index (χ3v) is 4.95. The summed E-state index contributed by atoms with van der Waals surface area (Å²) in [6.45, 7) is 1.01. The average molecular weight is 456 g/mol. The van der Waals surface area contributed by atoms with Gasteiger partial charge in [0.15, 0.2) is 29.8 Å². The highest BCUT2D eigenvalue weighted by molar-refractivity contribution is 5.83. The summed E-state index contributed by atoms with van der Waals surface area (Å²) in [5.74, 6) is 2.79. The second-order valence-electron chi connectivity index (χ2n) is 6.84. The van der Waals surface area contributed by atoms with Crippen LogP contribution in [0.4, 0.5) is 0 Å². The van der Waals surface area contributed by atoms with Gasteiger partial charge in [-0.1, -0.05) is 12.1 Å². The van der Waals surface area contributed by atoms with Gasteiger partial charge >= 0.3 is 0 Å². The number of nitrogens with zero attached hydrogens (tertiary/aromatic N) is 1. The Morgan fingerprint density at radius 2 is 1.39 bits per heavy atom. The third kappa shape index (κ3) is 5.66. The minimum atomic E-state index is 0.0793. The number of rotatable bonds is 12. The molecule has 8 nitrogen and oxygen atoms in total. The lowest BCUT2D eigenvalue weighted by molar-refractivity contribution is -0.00942. The van der Waals surface area contributed by atoms with Gasteiger partial charge in [-0.2, -0.15) is 0 Å². The van der Waals surface area contributed by atoms with Crippen molar-refractivity contribution in [3.05, 3.63) is 48.7 Å². The van der Waals surface area contributed by atoms with E-state index in [0.717, 1.165) is 22.4 Å². The van der Waals surface area contributed by atoms with E-state index in [9.17, 15) is 0 Å². The van der Waals surface area contributed by atoms with Gasteiger partial charge in [-0.25, -0.2) is 0 Å². The molecule has 2 aromatic carbocycles. The summed E-state index contributed by atoms with van der Waals surface area (Å²) in [5, 5.41) is 0. The number of aromatic nitrogens is 1. The third-order valence-electron chi connectivity index (χ3n) is 4.95. The van der Waals surface area contributed by atoms with Crippen molar-refractivity contribution in [1.82, 2.24) is 4.98 Å². The Kier molecular flexibility index (Phi) is 8.74. The van der Waals surface area contributed by atoms with Crippen molar-refractivity contribution < 1.29 is 33.2 Å². The standard InChI is InChI=1S/C25H29NO7/c1-27-11-12-32-16-33-21-13-17(8-9-20(21)28-2)19-7-6-10-26-24(19)18-14-22(29-3)25(31-5)23(15-18)30-4/h6-10,13-15H,11-12,16H2,1-5H3. The highest BCUT2D eigenvalue weighted by atomic mass is 16.7. The Bertz CT molecular complexity index is 1030. The summed E-state index contributed by atoms with van der Waals surface area (Å²) in [5.41, 5.74) is 3.38. The molecule has 0 atom stereocenters. The molecule has 0 aliphatic rings. The molecule has 1 heterocycles. The molecule has 0 radical (unpaired) electrons. The lowest BCUT2D eigenvalue weighted by Crippen LogP contribution is -2.08. The quantitative estimate of drug-likeness (QED) is 0.293. The van der Waals surface area contributed by atoms with Gasteiger partial charge in [0, 0.05) is 24.4 Å². The summed E-state index contributed by atoms with van der Waals surface area (Å²) in [6.07, 6.45) is 1.74. The molecule has 0 aliphatic carbocycles. The van der Waals surface area contributed by atoms with Gasteiger partial charge in [0.05, 0.1) is 47.3 Å². The van der Waals surface area contributed by atoms with Crippen LogP contribution in [0.25, 0.3) is 22.4 Å². The van der Waals surface area contributed by atoms with Gasteiger partial charge in [0.1, 0.15) is 0 Å². The number of benzene rings is 2. The molecule has 0 spiro atoms. The monoisotopic (exact) mass is 455 g/mol. The van der Waals surface area contributed by atoms with Crippen LogP contribution in [0.5, 0.6) is 28.7 Å². The normalized spacial score (nSPS) is 10.6. The Morgan fingerprint density at radius 1 is 0.697 bits per heavy atom. The molecule has 8 heteroatoms. The highest BCUT2D eigenvalue weighted by Gasteiger charge is 2.18. The molecular weight excluding hydrogens is 426 g/mol. The summed E-state index contributed by atoms with van der Waals surface area (Å²) < 4.78 is 38.1. The van der Waals surface area contributed by atoms with Gasteiger partial charge in [-0.05, 0) is 35.9 Å². The predicted molar refractivity (Wildman–Crippen MR) is 125 cm³/mol. The zero-order chi connectivity index (χ0) is 23.6. The predicted octanol–water partition coefficient (Wildman–Crippen LogP) is 4.45. The molecule has 0 aliphatic heterocycles. The van der Waals surface area contributed by atoms with Crippen molar-refractivity contribution in [2.45, 2.75) is 0 Å². The second kappa shape index (κ2) is 11.9. The zero-order valence-electron chi connectivity index (χ0n) is 19.5. The van der Waals surface area contributed by atoms with Crippen molar-refractivity contribution in [2.24, 2.45) is 0 Å². The van der Waals surface area contributed by atoms with Crippen LogP contribution in [0.1, 0.15) is 0 Å². The number of ether oxygens (including phenoxy) is 7. The lowest BCUT2D eigenvalue weighted by Gasteiger charge is -2.16. The van der Waals surface area contributed by atoms with E-state index in [1.54, 1.807) is 41.7 Å². The van der Waals surface area contributed by atoms with Crippen LogP contribution in [0, 0.1) is 0 Å². The fourth-order valence-corrected chi connectivity index (χ4v) is 3.35. The molecule has 33 heavy (non-hydrogen) atoms. The largest absolute Gasteiger partial charge is 0.493 e. The van der Waals surface area contributed by atoms with Crippen LogP contribution in [-0.4, -0.2) is 60.5 Å². The van der Waals surface area contributed by atoms with E-state index in [0.29, 0.717) is 42.0 Å². The van der Waals surface area contributed by atoms with Crippen molar-refractivity contribution in [2.75, 3.05) is 55.6 Å². The van der Waals surface area contributed by atoms with E-state index in [1.165, 1.54) is 0 Å². The van der Waals surface area contributed by atoms with E-state index in [-0.39, 0.29) is 6.79 Å². The van der Waals surface area contributed by atoms with E-state index < -0.39 is 0 Å². The first-order valence-electron chi connectivity index (χ1n) is 10.3. The van der Waals surface area contributed by atoms with Gasteiger partial charge in [-0.3, -0.25) is 4.98 Å². The minimum absolute atomic E-state index is 0.0793. The fraction of sp³-hybridized carbons (Fsp3) is 0.320. The molecule has 0 amide bonds. The molecule has 0 unspecified atom stereocenters. The van der Waals surface area contributed by atoms with Crippen LogP contribution in [-0.2, 0) is 9.47 Å². The van der Waals surface area contributed by atoms with Crippen LogP contribution >= 0.6 is 0 Å². The van der Waals surface area contributed by atoms with Gasteiger partial charge in [-0.15, -0.1) is 0 Å². The molecule has 0 N–H and O–H groups in total. The maximum Gasteiger partial charge on any atom is 0.203 e. The van der Waals surface area contributed by atoms with Crippen LogP contribution in [0.3, 0.4) is 0 Å². The summed E-state index contributed by atoms with van der Waals surface area (Å²) in [7, 11) is 7.96. The molecule has 0 fully saturated rings. The molecule has 0 saturated carbocycles. The lowest BCUT2D eigenvalue weighted by atomic mass is 9.98. The van der Waals surface area contributed by atoms with Gasteiger partial charge in [0.2, 0.25) is 5.75 Å². The smallest absolute Gasteiger partial charge is 0.203 e. The SMILES string of the molecule is COCCOCOc1cc(-c2cccnc2-c2cc(OC)c(OC)c(OC)c2)ccc1OC. The second-order valence-corrected chi connectivity index (χ2v) is 6.84. The Balaban J connectivity index is 2.00. The van der Waals surface area contributed by atoms with Crippen molar-refractivity contribution in [1.29, 1.82) is 0 Å².